The van der Waals surface area contributed by atoms with Crippen LogP contribution >= 0.6 is 0 Å². The third-order valence-corrected chi connectivity index (χ3v) is 1.65. The number of nitrogen functional groups attached to an aromatic ring is 1. The number of anilines is 1. The molecule has 0 bridgehead atoms. The fourth-order valence-electron chi connectivity index (χ4n) is 0.866. The number of H-pyrrole nitrogens is 2. The van der Waals surface area contributed by atoms with Crippen LogP contribution in [0, 0.1) is 0 Å². The Bertz CT molecular complexity index is 563. The first kappa shape index (κ1) is 12.6. The third kappa shape index (κ3) is 4.26. The Hall–Kier alpha value is -2.48. The van der Waals surface area contributed by atoms with E-state index in [2.05, 4.69) is 15.0 Å². The molecule has 0 aliphatic rings. The van der Waals surface area contributed by atoms with Crippen LogP contribution in [0.2, 0.25) is 0 Å². The molecule has 0 aliphatic heterocycles. The van der Waals surface area contributed by atoms with E-state index < -0.39 is 11.2 Å². The van der Waals surface area contributed by atoms with Crippen molar-refractivity contribution in [3.8, 4) is 0 Å². The molecule has 0 saturated heterocycles. The van der Waals surface area contributed by atoms with Crippen LogP contribution in [0.5, 0.6) is 0 Å². The number of nitrogens with zero attached hydrogens (tertiary/aromatic N) is 2. The van der Waals surface area contributed by atoms with Gasteiger partial charge in [-0.2, -0.15) is 0 Å². The van der Waals surface area contributed by atoms with E-state index in [0.717, 1.165) is 0 Å². The maximum atomic E-state index is 10.6. The van der Waals surface area contributed by atoms with E-state index in [-0.39, 0.29) is 12.2 Å². The maximum absolute atomic E-state index is 10.6. The molecule has 0 aliphatic carbocycles. The van der Waals surface area contributed by atoms with Crippen molar-refractivity contribution in [2.75, 3.05) is 5.73 Å². The van der Waals surface area contributed by atoms with Crippen molar-refractivity contribution in [3.63, 3.8) is 0 Å². The average Bonchev–Trinajstić information content (AvgIpc) is 2.31. The maximum Gasteiger partial charge on any atom is 0.325 e. The van der Waals surface area contributed by atoms with Gasteiger partial charge in [-0.1, -0.05) is 0 Å². The molecule has 17 heavy (non-hydrogen) atoms. The number of nitrogens with one attached hydrogen (secondary N) is 2. The zero-order chi connectivity index (χ0) is 12.7. The molecular formula is C9H11N5O3. The van der Waals surface area contributed by atoms with Gasteiger partial charge in [0.2, 0.25) is 0 Å². The van der Waals surface area contributed by atoms with Gasteiger partial charge in [0.1, 0.15) is 6.33 Å². The summed E-state index contributed by atoms with van der Waals surface area (Å²) in [6, 6.07) is 0. The Labute approximate surface area is 95.2 Å². The van der Waals surface area contributed by atoms with Crippen LogP contribution in [0.1, 0.15) is 5.56 Å². The summed E-state index contributed by atoms with van der Waals surface area (Å²) in [6.07, 6.45) is 5.72. The quantitative estimate of drug-likeness (QED) is 0.482. The molecule has 0 aromatic carbocycles. The molecule has 2 rings (SSSR count). The van der Waals surface area contributed by atoms with E-state index in [1.165, 1.54) is 12.5 Å². The minimum atomic E-state index is -0.567. The second-order valence-electron chi connectivity index (χ2n) is 2.93. The summed E-state index contributed by atoms with van der Waals surface area (Å²) >= 11 is 0. The van der Waals surface area contributed by atoms with Crippen molar-refractivity contribution in [2.24, 2.45) is 0 Å². The lowest BCUT2D eigenvalue weighted by Crippen LogP contribution is -2.24. The van der Waals surface area contributed by atoms with Crippen molar-refractivity contribution in [2.45, 2.75) is 6.61 Å². The van der Waals surface area contributed by atoms with E-state index in [9.17, 15) is 9.59 Å². The summed E-state index contributed by atoms with van der Waals surface area (Å²) in [5.74, 6) is 0. The summed E-state index contributed by atoms with van der Waals surface area (Å²) < 4.78 is 0. The molecule has 0 spiro atoms. The highest BCUT2D eigenvalue weighted by Gasteiger charge is 1.95. The molecule has 0 saturated carbocycles. The minimum Gasteiger partial charge on any atom is -0.396 e. The lowest BCUT2D eigenvalue weighted by atomic mass is 10.4. The van der Waals surface area contributed by atoms with E-state index in [1.54, 1.807) is 12.4 Å². The summed E-state index contributed by atoms with van der Waals surface area (Å²) in [6.45, 7) is -0.369. The minimum absolute atomic E-state index is 0.152. The van der Waals surface area contributed by atoms with Crippen LogP contribution in [0.3, 0.4) is 0 Å². The molecule has 0 atom stereocenters. The second kappa shape index (κ2) is 6.18. The van der Waals surface area contributed by atoms with Crippen LogP contribution in [-0.2, 0) is 6.61 Å². The first-order chi connectivity index (χ1) is 8.13. The predicted molar refractivity (Wildman–Crippen MR) is 60.1 cm³/mol. The molecule has 90 valence electrons. The Kier molecular flexibility index (Phi) is 4.58. The summed E-state index contributed by atoms with van der Waals surface area (Å²) in [5.41, 5.74) is 4.87. The van der Waals surface area contributed by atoms with E-state index >= 15 is 0 Å². The van der Waals surface area contributed by atoms with E-state index in [4.69, 9.17) is 10.8 Å². The van der Waals surface area contributed by atoms with Crippen LogP contribution in [0.4, 0.5) is 5.69 Å². The third-order valence-electron chi connectivity index (χ3n) is 1.65. The van der Waals surface area contributed by atoms with Gasteiger partial charge in [-0.25, -0.2) is 14.8 Å². The Morgan fingerprint density at radius 1 is 1.29 bits per heavy atom. The van der Waals surface area contributed by atoms with Gasteiger partial charge >= 0.3 is 5.69 Å². The fraction of sp³-hybridized carbons (Fsp3) is 0.111. The largest absolute Gasteiger partial charge is 0.396 e. The van der Waals surface area contributed by atoms with Gasteiger partial charge in [-0.05, 0) is 0 Å². The normalized spacial score (nSPS) is 9.24. The van der Waals surface area contributed by atoms with Crippen molar-refractivity contribution in [1.29, 1.82) is 0 Å². The van der Waals surface area contributed by atoms with Gasteiger partial charge < -0.3 is 15.8 Å². The molecule has 0 fully saturated rings. The number of aliphatic hydroxyl groups excluding tert-OH is 1. The highest BCUT2D eigenvalue weighted by molar-refractivity contribution is 5.28. The molecule has 5 N–H and O–H groups in total. The molecule has 0 radical (unpaired) electrons. The van der Waals surface area contributed by atoms with Crippen LogP contribution in [-0.4, -0.2) is 25.0 Å². The fourth-order valence-corrected chi connectivity index (χ4v) is 0.866. The number of rotatable bonds is 1. The van der Waals surface area contributed by atoms with Gasteiger partial charge in [0, 0.05) is 6.20 Å². The number of hydrogen-bond donors (Lipinski definition) is 4. The Morgan fingerprint density at radius 2 is 1.94 bits per heavy atom. The summed E-state index contributed by atoms with van der Waals surface area (Å²) in [4.78, 5) is 32.5. The first-order valence-electron chi connectivity index (χ1n) is 4.55. The molecule has 2 heterocycles. The van der Waals surface area contributed by atoms with Crippen molar-refractivity contribution in [1.82, 2.24) is 19.9 Å². The number of aromatic nitrogens is 4. The van der Waals surface area contributed by atoms with Gasteiger partial charge in [0.25, 0.3) is 5.56 Å². The summed E-state index contributed by atoms with van der Waals surface area (Å²) in [7, 11) is 0. The highest BCUT2D eigenvalue weighted by atomic mass is 16.3. The SMILES string of the molecule is Nc1cncnc1.O=c1[nH]cc(CO)c(=O)[nH]1. The van der Waals surface area contributed by atoms with E-state index in [0.29, 0.717) is 5.69 Å². The number of nitrogens with two attached hydrogens (primary N) is 1. The smallest absolute Gasteiger partial charge is 0.325 e. The molecular weight excluding hydrogens is 226 g/mol. The number of hydrogen-bond acceptors (Lipinski definition) is 6. The lowest BCUT2D eigenvalue weighted by Gasteiger charge is -1.89. The van der Waals surface area contributed by atoms with Gasteiger partial charge in [-0.15, -0.1) is 0 Å². The first-order valence-corrected chi connectivity index (χ1v) is 4.55. The topological polar surface area (TPSA) is 138 Å². The zero-order valence-electron chi connectivity index (χ0n) is 8.75. The van der Waals surface area contributed by atoms with Gasteiger partial charge in [-0.3, -0.25) is 9.78 Å². The van der Waals surface area contributed by atoms with E-state index in [1.807, 2.05) is 4.98 Å². The lowest BCUT2D eigenvalue weighted by molar-refractivity contribution is 0.279. The van der Waals surface area contributed by atoms with Crippen molar-refractivity contribution in [3.05, 3.63) is 51.3 Å². The molecule has 0 amide bonds. The highest BCUT2D eigenvalue weighted by Crippen LogP contribution is 1.88. The molecule has 0 unspecified atom stereocenters. The second-order valence-corrected chi connectivity index (χ2v) is 2.93. The monoisotopic (exact) mass is 237 g/mol. The summed E-state index contributed by atoms with van der Waals surface area (Å²) in [5, 5.41) is 8.47. The molecule has 2 aromatic rings. The molecule has 8 heteroatoms. The van der Waals surface area contributed by atoms with Gasteiger partial charge in [0.05, 0.1) is 30.3 Å². The Morgan fingerprint density at radius 3 is 2.35 bits per heavy atom. The molecule has 8 nitrogen and oxygen atoms in total. The van der Waals surface area contributed by atoms with Gasteiger partial charge in [0.15, 0.2) is 0 Å². The van der Waals surface area contributed by atoms with Crippen LogP contribution < -0.4 is 17.0 Å². The Balaban J connectivity index is 0.000000181. The number of aromatic amines is 2. The van der Waals surface area contributed by atoms with Crippen molar-refractivity contribution < 1.29 is 5.11 Å². The van der Waals surface area contributed by atoms with Crippen LogP contribution in [0.25, 0.3) is 0 Å². The van der Waals surface area contributed by atoms with Crippen molar-refractivity contribution >= 4 is 5.69 Å². The number of aliphatic hydroxyl groups is 1. The standard InChI is InChI=1S/C5H6N2O3.C4H5N3/c8-2-3-1-6-5(10)7-4(3)9;5-4-1-6-3-7-2-4/h1,8H,2H2,(H2,6,7,9,10);1-3H,5H2. The average molecular weight is 237 g/mol. The molecule has 2 aromatic heterocycles. The zero-order valence-corrected chi connectivity index (χ0v) is 8.75. The predicted octanol–water partition coefficient (Wildman–Crippen LogP) is -1.39. The van der Waals surface area contributed by atoms with Crippen LogP contribution in [0.15, 0.2) is 34.5 Å².